The largest absolute Gasteiger partial charge is 0.480 e. The van der Waals surface area contributed by atoms with E-state index in [1.165, 1.54) is 18.7 Å². The third kappa shape index (κ3) is 4.76. The summed E-state index contributed by atoms with van der Waals surface area (Å²) in [5.41, 5.74) is 0. The second-order valence-electron chi connectivity index (χ2n) is 3.49. The van der Waals surface area contributed by atoms with Crippen molar-refractivity contribution in [1.82, 2.24) is 5.32 Å². The molecule has 0 aromatic heterocycles. The first kappa shape index (κ1) is 15.1. The van der Waals surface area contributed by atoms with Crippen LogP contribution in [0.1, 0.15) is 6.92 Å². The van der Waals surface area contributed by atoms with Gasteiger partial charge in [0.25, 0.3) is 0 Å². The number of nitrogens with one attached hydrogen (secondary N) is 1. The zero-order valence-corrected chi connectivity index (χ0v) is 11.8. The minimum atomic E-state index is -1.07. The van der Waals surface area contributed by atoms with E-state index in [0.717, 1.165) is 0 Å². The molecule has 0 aliphatic rings. The molecule has 1 atom stereocenters. The highest BCUT2D eigenvalue weighted by molar-refractivity contribution is 8.00. The normalized spacial score (nSPS) is 11.9. The molecule has 1 amide bonds. The van der Waals surface area contributed by atoms with Crippen molar-refractivity contribution >= 4 is 46.8 Å². The number of rotatable bonds is 5. The van der Waals surface area contributed by atoms with E-state index in [4.69, 9.17) is 28.3 Å². The van der Waals surface area contributed by atoms with E-state index in [1.54, 1.807) is 18.2 Å². The van der Waals surface area contributed by atoms with Crippen molar-refractivity contribution in [3.05, 3.63) is 28.2 Å². The van der Waals surface area contributed by atoms with Gasteiger partial charge in [0.2, 0.25) is 5.91 Å². The van der Waals surface area contributed by atoms with Crippen molar-refractivity contribution in [1.29, 1.82) is 0 Å². The number of halogens is 2. The van der Waals surface area contributed by atoms with Crippen LogP contribution in [0.2, 0.25) is 10.0 Å². The Balaban J connectivity index is 2.52. The van der Waals surface area contributed by atoms with Crippen molar-refractivity contribution in [3.63, 3.8) is 0 Å². The summed E-state index contributed by atoms with van der Waals surface area (Å²) in [5.74, 6) is -1.36. The number of carbonyl (C=O) groups is 2. The Hall–Kier alpha value is -0.910. The Bertz CT molecular complexity index is 468. The number of hydrogen-bond donors (Lipinski definition) is 2. The second-order valence-corrected chi connectivity index (χ2v) is 5.35. The van der Waals surface area contributed by atoms with Crippen LogP contribution in [-0.4, -0.2) is 28.8 Å². The zero-order chi connectivity index (χ0) is 13.7. The molecule has 0 bridgehead atoms. The summed E-state index contributed by atoms with van der Waals surface area (Å²) in [6, 6.07) is 4.04. The summed E-state index contributed by atoms with van der Waals surface area (Å²) in [6.45, 7) is 1.40. The molecule has 0 unspecified atom stereocenters. The van der Waals surface area contributed by atoms with E-state index < -0.39 is 12.0 Å². The number of hydrogen-bond acceptors (Lipinski definition) is 3. The fraction of sp³-hybridized carbons (Fsp3) is 0.273. The predicted molar refractivity (Wildman–Crippen MR) is 72.4 cm³/mol. The zero-order valence-electron chi connectivity index (χ0n) is 9.44. The number of carboxylic acid groups (broad SMARTS) is 1. The lowest BCUT2D eigenvalue weighted by Gasteiger charge is -2.09. The van der Waals surface area contributed by atoms with Crippen LogP contribution >= 0.6 is 35.0 Å². The number of aliphatic carboxylic acids is 1. The van der Waals surface area contributed by atoms with Crippen LogP contribution in [0.4, 0.5) is 0 Å². The summed E-state index contributed by atoms with van der Waals surface area (Å²) in [5, 5.41) is 12.0. The van der Waals surface area contributed by atoms with Crippen LogP contribution in [0.5, 0.6) is 0 Å². The van der Waals surface area contributed by atoms with Gasteiger partial charge in [-0.1, -0.05) is 23.2 Å². The fourth-order valence-electron chi connectivity index (χ4n) is 1.08. The first-order chi connectivity index (χ1) is 8.40. The molecule has 0 aliphatic carbocycles. The van der Waals surface area contributed by atoms with Gasteiger partial charge in [-0.25, -0.2) is 0 Å². The molecule has 0 spiro atoms. The SMILES string of the molecule is C[C@@H](NC(=O)CSc1cc(Cl)ccc1Cl)C(=O)O. The molecule has 18 heavy (non-hydrogen) atoms. The van der Waals surface area contributed by atoms with Crippen molar-refractivity contribution < 1.29 is 14.7 Å². The second kappa shape index (κ2) is 6.87. The van der Waals surface area contributed by atoms with Gasteiger partial charge in [-0.2, -0.15) is 0 Å². The molecular formula is C11H11Cl2NO3S. The molecule has 1 aromatic rings. The third-order valence-corrected chi connectivity index (χ3v) is 3.73. The highest BCUT2D eigenvalue weighted by atomic mass is 35.5. The van der Waals surface area contributed by atoms with Gasteiger partial charge in [0.1, 0.15) is 6.04 Å². The molecule has 2 N–H and O–H groups in total. The van der Waals surface area contributed by atoms with E-state index in [1.807, 2.05) is 0 Å². The average Bonchev–Trinajstić information content (AvgIpc) is 2.30. The van der Waals surface area contributed by atoms with Crippen LogP contribution in [0, 0.1) is 0 Å². The van der Waals surface area contributed by atoms with Crippen LogP contribution < -0.4 is 5.32 Å². The first-order valence-corrected chi connectivity index (χ1v) is 6.74. The van der Waals surface area contributed by atoms with Crippen molar-refractivity contribution in [2.75, 3.05) is 5.75 Å². The topological polar surface area (TPSA) is 66.4 Å². The molecule has 1 rings (SSSR count). The van der Waals surface area contributed by atoms with Crippen LogP contribution in [0.25, 0.3) is 0 Å². The van der Waals surface area contributed by atoms with Gasteiger partial charge in [0.15, 0.2) is 0 Å². The van der Waals surface area contributed by atoms with Gasteiger partial charge in [-0.3, -0.25) is 9.59 Å². The molecule has 7 heteroatoms. The highest BCUT2D eigenvalue weighted by Crippen LogP contribution is 2.29. The lowest BCUT2D eigenvalue weighted by atomic mass is 10.3. The number of benzene rings is 1. The third-order valence-electron chi connectivity index (χ3n) is 2.00. The lowest BCUT2D eigenvalue weighted by molar-refractivity contribution is -0.140. The van der Waals surface area contributed by atoms with Gasteiger partial charge >= 0.3 is 5.97 Å². The molecule has 0 saturated carbocycles. The lowest BCUT2D eigenvalue weighted by Crippen LogP contribution is -2.39. The van der Waals surface area contributed by atoms with E-state index in [0.29, 0.717) is 14.9 Å². The Labute approximate surface area is 119 Å². The molecule has 0 aliphatic heterocycles. The summed E-state index contributed by atoms with van der Waals surface area (Å²) < 4.78 is 0. The first-order valence-electron chi connectivity index (χ1n) is 5.00. The predicted octanol–water partition coefficient (Wildman–Crippen LogP) is 2.67. The average molecular weight is 308 g/mol. The smallest absolute Gasteiger partial charge is 0.325 e. The number of thioether (sulfide) groups is 1. The summed E-state index contributed by atoms with van der Waals surface area (Å²) >= 11 is 12.9. The summed E-state index contributed by atoms with van der Waals surface area (Å²) in [6.07, 6.45) is 0. The monoisotopic (exact) mass is 307 g/mol. The van der Waals surface area contributed by atoms with E-state index in [2.05, 4.69) is 5.32 Å². The summed E-state index contributed by atoms with van der Waals surface area (Å²) in [4.78, 5) is 22.7. The molecule has 4 nitrogen and oxygen atoms in total. The minimum Gasteiger partial charge on any atom is -0.480 e. The van der Waals surface area contributed by atoms with Crippen molar-refractivity contribution in [2.24, 2.45) is 0 Å². The molecule has 0 saturated heterocycles. The molecule has 0 radical (unpaired) electrons. The molecule has 0 heterocycles. The highest BCUT2D eigenvalue weighted by Gasteiger charge is 2.14. The van der Waals surface area contributed by atoms with Gasteiger partial charge in [0, 0.05) is 9.92 Å². The number of carbonyl (C=O) groups excluding carboxylic acids is 1. The maximum absolute atomic E-state index is 11.5. The number of amides is 1. The Morgan fingerprint density at radius 1 is 1.44 bits per heavy atom. The Morgan fingerprint density at radius 3 is 2.72 bits per heavy atom. The maximum atomic E-state index is 11.5. The van der Waals surface area contributed by atoms with Gasteiger partial charge in [0.05, 0.1) is 10.8 Å². The summed E-state index contributed by atoms with van der Waals surface area (Å²) in [7, 11) is 0. The van der Waals surface area contributed by atoms with Gasteiger partial charge in [-0.05, 0) is 25.1 Å². The van der Waals surface area contributed by atoms with E-state index in [-0.39, 0.29) is 11.7 Å². The minimum absolute atomic E-state index is 0.0810. The molecule has 98 valence electrons. The van der Waals surface area contributed by atoms with Crippen molar-refractivity contribution in [2.45, 2.75) is 17.9 Å². The molecule has 1 aromatic carbocycles. The van der Waals surface area contributed by atoms with Crippen LogP contribution in [0.3, 0.4) is 0 Å². The maximum Gasteiger partial charge on any atom is 0.325 e. The molecule has 0 fully saturated rings. The molecular weight excluding hydrogens is 297 g/mol. The standard InChI is InChI=1S/C11H11Cl2NO3S/c1-6(11(16)17)14-10(15)5-18-9-4-7(12)2-3-8(9)13/h2-4,6H,5H2,1H3,(H,14,15)(H,16,17)/t6-/m1/s1. The van der Waals surface area contributed by atoms with E-state index >= 15 is 0 Å². The van der Waals surface area contributed by atoms with Crippen LogP contribution in [-0.2, 0) is 9.59 Å². The van der Waals surface area contributed by atoms with Gasteiger partial charge in [-0.15, -0.1) is 11.8 Å². The Morgan fingerprint density at radius 2 is 2.11 bits per heavy atom. The number of carboxylic acids is 1. The van der Waals surface area contributed by atoms with Gasteiger partial charge < -0.3 is 10.4 Å². The fourth-order valence-corrected chi connectivity index (χ4v) is 2.38. The van der Waals surface area contributed by atoms with Crippen LogP contribution in [0.15, 0.2) is 23.1 Å². The van der Waals surface area contributed by atoms with Crippen molar-refractivity contribution in [3.8, 4) is 0 Å². The Kier molecular flexibility index (Phi) is 5.78. The quantitative estimate of drug-likeness (QED) is 0.821. The van der Waals surface area contributed by atoms with E-state index in [9.17, 15) is 9.59 Å².